The van der Waals surface area contributed by atoms with Gasteiger partial charge in [0.25, 0.3) is 0 Å². The quantitative estimate of drug-likeness (QED) is 0.851. The topological polar surface area (TPSA) is 66.6 Å². The summed E-state index contributed by atoms with van der Waals surface area (Å²) in [6, 6.07) is 5.57. The van der Waals surface area contributed by atoms with E-state index in [2.05, 4.69) is 4.90 Å². The molecule has 2 rings (SSSR count). The second kappa shape index (κ2) is 5.35. The number of benzene rings is 1. The molecular formula is C13H17FN2O2. The average Bonchev–Trinajstić information content (AvgIpc) is 2.78. The molecule has 4 nitrogen and oxygen atoms in total. The van der Waals surface area contributed by atoms with Crippen LogP contribution in [0.25, 0.3) is 0 Å². The molecule has 1 aliphatic rings. The van der Waals surface area contributed by atoms with E-state index in [-0.39, 0.29) is 5.82 Å². The Labute approximate surface area is 105 Å². The molecule has 0 radical (unpaired) electrons. The van der Waals surface area contributed by atoms with E-state index in [0.29, 0.717) is 12.3 Å². The zero-order chi connectivity index (χ0) is 13.1. The molecule has 0 amide bonds. The van der Waals surface area contributed by atoms with E-state index in [4.69, 9.17) is 10.8 Å². The van der Waals surface area contributed by atoms with E-state index in [1.54, 1.807) is 12.1 Å². The first kappa shape index (κ1) is 12.8. The largest absolute Gasteiger partial charge is 0.480 e. The lowest BCUT2D eigenvalue weighted by Crippen LogP contribution is -2.33. The molecule has 2 atom stereocenters. The van der Waals surface area contributed by atoms with Gasteiger partial charge in [-0.2, -0.15) is 0 Å². The van der Waals surface area contributed by atoms with Crippen LogP contribution in [0.2, 0.25) is 0 Å². The van der Waals surface area contributed by atoms with Crippen LogP contribution in [-0.4, -0.2) is 30.2 Å². The number of carbonyl (C=O) groups is 1. The number of rotatable bonds is 4. The summed E-state index contributed by atoms with van der Waals surface area (Å²) < 4.78 is 12.8. The summed E-state index contributed by atoms with van der Waals surface area (Å²) >= 11 is 0. The van der Waals surface area contributed by atoms with Gasteiger partial charge >= 0.3 is 5.97 Å². The van der Waals surface area contributed by atoms with Crippen LogP contribution in [0.1, 0.15) is 12.8 Å². The predicted octanol–water partition coefficient (Wildman–Crippen LogP) is 1.45. The highest BCUT2D eigenvalue weighted by atomic mass is 19.1. The molecular weight excluding hydrogens is 235 g/mol. The fourth-order valence-corrected chi connectivity index (χ4v) is 2.37. The molecule has 0 spiro atoms. The maximum atomic E-state index is 12.8. The van der Waals surface area contributed by atoms with Crippen LogP contribution >= 0.6 is 0 Å². The minimum absolute atomic E-state index is 0.248. The van der Waals surface area contributed by atoms with Crippen molar-refractivity contribution in [3.8, 4) is 0 Å². The zero-order valence-electron chi connectivity index (χ0n) is 10.1. The lowest BCUT2D eigenvalue weighted by molar-refractivity contribution is -0.138. The Hall–Kier alpha value is -1.62. The summed E-state index contributed by atoms with van der Waals surface area (Å²) in [5.41, 5.74) is 6.51. The highest BCUT2D eigenvalue weighted by molar-refractivity contribution is 5.73. The molecule has 18 heavy (non-hydrogen) atoms. The van der Waals surface area contributed by atoms with Gasteiger partial charge in [0.15, 0.2) is 0 Å². The van der Waals surface area contributed by atoms with Gasteiger partial charge in [-0.15, -0.1) is 0 Å². The molecule has 1 aliphatic heterocycles. The highest BCUT2D eigenvalue weighted by Gasteiger charge is 2.26. The summed E-state index contributed by atoms with van der Waals surface area (Å²) in [5, 5.41) is 8.78. The van der Waals surface area contributed by atoms with Gasteiger partial charge in [0.1, 0.15) is 11.9 Å². The van der Waals surface area contributed by atoms with Gasteiger partial charge in [-0.05, 0) is 43.0 Å². The Balaban J connectivity index is 1.92. The van der Waals surface area contributed by atoms with Crippen molar-refractivity contribution in [1.29, 1.82) is 0 Å². The Morgan fingerprint density at radius 2 is 2.17 bits per heavy atom. The molecule has 98 valence electrons. The first-order valence-electron chi connectivity index (χ1n) is 6.05. The lowest BCUT2D eigenvalue weighted by atomic mass is 10.00. The summed E-state index contributed by atoms with van der Waals surface area (Å²) in [6.45, 7) is 1.65. The van der Waals surface area contributed by atoms with Gasteiger partial charge in [0.05, 0.1) is 0 Å². The van der Waals surface area contributed by atoms with Crippen molar-refractivity contribution in [3.63, 3.8) is 0 Å². The predicted molar refractivity (Wildman–Crippen MR) is 66.9 cm³/mol. The van der Waals surface area contributed by atoms with E-state index in [1.165, 1.54) is 12.1 Å². The van der Waals surface area contributed by atoms with Crippen LogP contribution in [0.3, 0.4) is 0 Å². The minimum atomic E-state index is -0.949. The molecule has 0 saturated carbocycles. The van der Waals surface area contributed by atoms with Gasteiger partial charge in [0.2, 0.25) is 0 Å². The minimum Gasteiger partial charge on any atom is -0.480 e. The number of carboxylic acid groups (broad SMARTS) is 1. The van der Waals surface area contributed by atoms with Crippen LogP contribution in [-0.2, 0) is 4.79 Å². The Bertz CT molecular complexity index is 422. The van der Waals surface area contributed by atoms with Gasteiger partial charge in [-0.25, -0.2) is 4.39 Å². The molecule has 5 heteroatoms. The third-order valence-corrected chi connectivity index (χ3v) is 3.38. The number of nitrogens with two attached hydrogens (primary N) is 1. The molecule has 1 saturated heterocycles. The summed E-state index contributed by atoms with van der Waals surface area (Å²) in [7, 11) is 0. The lowest BCUT2D eigenvalue weighted by Gasteiger charge is -2.19. The van der Waals surface area contributed by atoms with Crippen LogP contribution in [0.4, 0.5) is 10.1 Å². The molecule has 0 bridgehead atoms. The van der Waals surface area contributed by atoms with E-state index >= 15 is 0 Å². The van der Waals surface area contributed by atoms with Crippen molar-refractivity contribution in [2.24, 2.45) is 11.7 Å². The third-order valence-electron chi connectivity index (χ3n) is 3.38. The van der Waals surface area contributed by atoms with Gasteiger partial charge < -0.3 is 15.7 Å². The molecule has 1 heterocycles. The fourth-order valence-electron chi connectivity index (χ4n) is 2.37. The number of hydrogen-bond acceptors (Lipinski definition) is 3. The van der Waals surface area contributed by atoms with Crippen LogP contribution in [0.15, 0.2) is 24.3 Å². The van der Waals surface area contributed by atoms with Crippen molar-refractivity contribution in [3.05, 3.63) is 30.1 Å². The molecule has 0 aromatic heterocycles. The Kier molecular flexibility index (Phi) is 3.81. The third kappa shape index (κ3) is 2.98. The van der Waals surface area contributed by atoms with E-state index in [0.717, 1.165) is 25.2 Å². The first-order valence-corrected chi connectivity index (χ1v) is 6.05. The number of anilines is 1. The number of nitrogens with zero attached hydrogens (tertiary/aromatic N) is 1. The molecule has 2 unspecified atom stereocenters. The zero-order valence-corrected chi connectivity index (χ0v) is 10.1. The Morgan fingerprint density at radius 3 is 2.78 bits per heavy atom. The molecule has 1 fully saturated rings. The van der Waals surface area contributed by atoms with Gasteiger partial charge in [0, 0.05) is 18.8 Å². The van der Waals surface area contributed by atoms with Gasteiger partial charge in [-0.1, -0.05) is 0 Å². The van der Waals surface area contributed by atoms with Crippen molar-refractivity contribution in [2.75, 3.05) is 18.0 Å². The molecule has 3 N–H and O–H groups in total. The fraction of sp³-hybridized carbons (Fsp3) is 0.462. The number of carboxylic acids is 1. The molecule has 1 aromatic rings. The van der Waals surface area contributed by atoms with E-state index < -0.39 is 12.0 Å². The maximum absolute atomic E-state index is 12.8. The summed E-state index contributed by atoms with van der Waals surface area (Å²) in [5.74, 6) is -0.904. The maximum Gasteiger partial charge on any atom is 0.320 e. The summed E-state index contributed by atoms with van der Waals surface area (Å²) in [4.78, 5) is 12.8. The number of hydrogen-bond donors (Lipinski definition) is 2. The number of aliphatic carboxylic acids is 1. The van der Waals surface area contributed by atoms with Gasteiger partial charge in [-0.3, -0.25) is 4.79 Å². The van der Waals surface area contributed by atoms with Crippen molar-refractivity contribution >= 4 is 11.7 Å². The van der Waals surface area contributed by atoms with Crippen LogP contribution in [0, 0.1) is 11.7 Å². The highest BCUT2D eigenvalue weighted by Crippen LogP contribution is 2.26. The Morgan fingerprint density at radius 1 is 1.50 bits per heavy atom. The van der Waals surface area contributed by atoms with Crippen molar-refractivity contribution in [2.45, 2.75) is 18.9 Å². The normalized spacial score (nSPS) is 21.0. The molecule has 1 aromatic carbocycles. The first-order chi connectivity index (χ1) is 8.56. The van der Waals surface area contributed by atoms with E-state index in [9.17, 15) is 9.18 Å². The molecule has 0 aliphatic carbocycles. The SMILES string of the molecule is NC(CC1CCN(c2ccc(F)cc2)C1)C(=O)O. The average molecular weight is 252 g/mol. The van der Waals surface area contributed by atoms with Crippen LogP contribution < -0.4 is 10.6 Å². The van der Waals surface area contributed by atoms with Crippen LogP contribution in [0.5, 0.6) is 0 Å². The standard InChI is InChI=1S/C13H17FN2O2/c14-10-1-3-11(4-2-10)16-6-5-9(8-16)7-12(15)13(17)18/h1-4,9,12H,5-8,15H2,(H,17,18). The smallest absolute Gasteiger partial charge is 0.320 e. The second-order valence-corrected chi connectivity index (χ2v) is 4.76. The monoisotopic (exact) mass is 252 g/mol. The van der Waals surface area contributed by atoms with Crippen molar-refractivity contribution < 1.29 is 14.3 Å². The number of halogens is 1. The summed E-state index contributed by atoms with van der Waals surface area (Å²) in [6.07, 6.45) is 1.42. The second-order valence-electron chi connectivity index (χ2n) is 4.76. The van der Waals surface area contributed by atoms with Crippen molar-refractivity contribution in [1.82, 2.24) is 0 Å². The van der Waals surface area contributed by atoms with E-state index in [1.807, 2.05) is 0 Å².